The summed E-state index contributed by atoms with van der Waals surface area (Å²) in [5.41, 5.74) is 0.901. The Labute approximate surface area is 151 Å². The number of amides is 1. The van der Waals surface area contributed by atoms with E-state index in [1.807, 2.05) is 43.0 Å². The third-order valence-electron chi connectivity index (χ3n) is 5.21. The van der Waals surface area contributed by atoms with Crippen LogP contribution in [0.5, 0.6) is 0 Å². The summed E-state index contributed by atoms with van der Waals surface area (Å²) in [7, 11) is 0. The van der Waals surface area contributed by atoms with Crippen LogP contribution in [-0.4, -0.2) is 53.3 Å². The molecule has 0 radical (unpaired) electrons. The number of aromatic nitrogens is 1. The minimum absolute atomic E-state index is 0.0247. The zero-order chi connectivity index (χ0) is 17.6. The monoisotopic (exact) mass is 360 g/mol. The number of halogens is 1. The summed E-state index contributed by atoms with van der Waals surface area (Å²) >= 11 is 6.15. The van der Waals surface area contributed by atoms with E-state index < -0.39 is 5.60 Å². The van der Waals surface area contributed by atoms with E-state index in [-0.39, 0.29) is 18.1 Å². The van der Waals surface area contributed by atoms with Gasteiger partial charge in [0.2, 0.25) is 0 Å². The smallest absolute Gasteiger partial charge is 0.254 e. The molecule has 5 nitrogen and oxygen atoms in total. The fourth-order valence-corrected chi connectivity index (χ4v) is 4.14. The third-order valence-corrected chi connectivity index (χ3v) is 5.40. The van der Waals surface area contributed by atoms with E-state index in [4.69, 9.17) is 21.1 Å². The number of carbonyl (C=O) groups is 1. The van der Waals surface area contributed by atoms with Crippen molar-refractivity contribution in [3.05, 3.63) is 41.0 Å². The number of para-hydroxylation sites is 1. The van der Waals surface area contributed by atoms with Gasteiger partial charge in [-0.3, -0.25) is 4.79 Å². The molecule has 1 spiro atoms. The lowest BCUT2D eigenvalue weighted by Gasteiger charge is -2.45. The van der Waals surface area contributed by atoms with Gasteiger partial charge in [0.25, 0.3) is 5.91 Å². The number of rotatable bonds is 1. The van der Waals surface area contributed by atoms with Crippen molar-refractivity contribution in [3.63, 3.8) is 0 Å². The first kappa shape index (κ1) is 16.8. The van der Waals surface area contributed by atoms with Crippen molar-refractivity contribution >= 4 is 28.4 Å². The Morgan fingerprint density at radius 1 is 1.36 bits per heavy atom. The van der Waals surface area contributed by atoms with Gasteiger partial charge in [0, 0.05) is 25.0 Å². The lowest BCUT2D eigenvalue weighted by atomic mass is 9.92. The number of nitrogens with zero attached hydrogens (tertiary/aromatic N) is 2. The van der Waals surface area contributed by atoms with Gasteiger partial charge < -0.3 is 14.4 Å². The van der Waals surface area contributed by atoms with Crippen molar-refractivity contribution in [2.24, 2.45) is 0 Å². The molecule has 0 bridgehead atoms. The maximum absolute atomic E-state index is 13.3. The van der Waals surface area contributed by atoms with Crippen molar-refractivity contribution in [3.8, 4) is 0 Å². The van der Waals surface area contributed by atoms with Gasteiger partial charge in [-0.1, -0.05) is 29.8 Å². The molecule has 0 unspecified atom stereocenters. The van der Waals surface area contributed by atoms with Crippen molar-refractivity contribution in [2.75, 3.05) is 19.7 Å². The Hall–Kier alpha value is -1.69. The fraction of sp³-hybridized carbons (Fsp3) is 0.474. The van der Waals surface area contributed by atoms with E-state index in [9.17, 15) is 4.79 Å². The van der Waals surface area contributed by atoms with E-state index in [1.165, 1.54) is 0 Å². The molecule has 3 heterocycles. The Bertz CT molecular complexity index is 827. The minimum atomic E-state index is -0.417. The first-order valence-corrected chi connectivity index (χ1v) is 9.00. The van der Waals surface area contributed by atoms with Crippen LogP contribution < -0.4 is 0 Å². The average Bonchev–Trinajstić information content (AvgIpc) is 2.92. The van der Waals surface area contributed by atoms with Crippen LogP contribution >= 0.6 is 11.6 Å². The summed E-state index contributed by atoms with van der Waals surface area (Å²) in [5, 5.41) is 1.15. The molecule has 3 atom stereocenters. The number of benzene rings is 1. The molecule has 0 saturated carbocycles. The molecule has 0 N–H and O–H groups in total. The number of carbonyl (C=O) groups excluding carboxylic acids is 1. The summed E-state index contributed by atoms with van der Waals surface area (Å²) < 4.78 is 11.9. The standard InChI is InChI=1S/C19H21ClN2O3/c1-12-10-22(11-19(25-12)7-8-24-13(19)2)18(23)15-9-17(20)21-16-6-4-3-5-14(15)16/h3-6,9,12-13H,7-8,10-11H2,1-2H3/t12-,13-,19+/m1/s1. The lowest BCUT2D eigenvalue weighted by Crippen LogP contribution is -2.59. The summed E-state index contributed by atoms with van der Waals surface area (Å²) in [5.74, 6) is -0.0332. The van der Waals surface area contributed by atoms with Gasteiger partial charge in [-0.15, -0.1) is 0 Å². The van der Waals surface area contributed by atoms with Gasteiger partial charge in [0.1, 0.15) is 10.8 Å². The van der Waals surface area contributed by atoms with Crippen LogP contribution in [0.25, 0.3) is 10.9 Å². The number of hydrogen-bond donors (Lipinski definition) is 0. The lowest BCUT2D eigenvalue weighted by molar-refractivity contribution is -0.160. The third kappa shape index (κ3) is 2.90. The molecular weight excluding hydrogens is 340 g/mol. The minimum Gasteiger partial charge on any atom is -0.375 e. The van der Waals surface area contributed by atoms with E-state index in [1.54, 1.807) is 6.07 Å². The molecule has 0 aliphatic carbocycles. The van der Waals surface area contributed by atoms with Gasteiger partial charge in [-0.2, -0.15) is 0 Å². The van der Waals surface area contributed by atoms with Gasteiger partial charge in [-0.25, -0.2) is 4.98 Å². The molecular formula is C19H21ClN2O3. The number of ether oxygens (including phenoxy) is 2. The SMILES string of the molecule is C[C@@H]1CN(C(=O)c2cc(Cl)nc3ccccc23)C[C@]2(CCO[C@@H]2C)O1. The van der Waals surface area contributed by atoms with E-state index in [0.717, 1.165) is 17.3 Å². The molecule has 1 aromatic heterocycles. The average molecular weight is 361 g/mol. The zero-order valence-corrected chi connectivity index (χ0v) is 15.1. The highest BCUT2D eigenvalue weighted by molar-refractivity contribution is 6.30. The molecule has 2 fully saturated rings. The number of hydrogen-bond acceptors (Lipinski definition) is 4. The van der Waals surface area contributed by atoms with Crippen molar-refractivity contribution in [1.82, 2.24) is 9.88 Å². The van der Waals surface area contributed by atoms with Crippen molar-refractivity contribution in [1.29, 1.82) is 0 Å². The highest BCUT2D eigenvalue weighted by Crippen LogP contribution is 2.36. The predicted molar refractivity (Wildman–Crippen MR) is 96.0 cm³/mol. The summed E-state index contributed by atoms with van der Waals surface area (Å²) in [4.78, 5) is 19.5. The Kier molecular flexibility index (Phi) is 4.18. The van der Waals surface area contributed by atoms with Gasteiger partial charge in [0.05, 0.1) is 29.8 Å². The molecule has 25 heavy (non-hydrogen) atoms. The second kappa shape index (κ2) is 6.24. The van der Waals surface area contributed by atoms with Gasteiger partial charge in [-0.05, 0) is 26.0 Å². The molecule has 4 rings (SSSR count). The van der Waals surface area contributed by atoms with Crippen LogP contribution in [0.3, 0.4) is 0 Å². The molecule has 132 valence electrons. The molecule has 1 amide bonds. The molecule has 2 aliphatic heterocycles. The Morgan fingerprint density at radius 2 is 2.16 bits per heavy atom. The van der Waals surface area contributed by atoms with Crippen LogP contribution in [0, 0.1) is 0 Å². The largest absolute Gasteiger partial charge is 0.375 e. The van der Waals surface area contributed by atoms with Crippen LogP contribution in [0.1, 0.15) is 30.6 Å². The molecule has 6 heteroatoms. The van der Waals surface area contributed by atoms with Crippen LogP contribution in [0.4, 0.5) is 0 Å². The fourth-order valence-electron chi connectivity index (χ4n) is 3.94. The topological polar surface area (TPSA) is 51.7 Å². The zero-order valence-electron chi connectivity index (χ0n) is 14.4. The first-order chi connectivity index (χ1) is 12.0. The highest BCUT2D eigenvalue weighted by atomic mass is 35.5. The molecule has 2 saturated heterocycles. The quantitative estimate of drug-likeness (QED) is 0.732. The second-order valence-electron chi connectivity index (χ2n) is 6.95. The van der Waals surface area contributed by atoms with E-state index in [0.29, 0.717) is 30.4 Å². The van der Waals surface area contributed by atoms with Gasteiger partial charge >= 0.3 is 0 Å². The number of pyridine rings is 1. The molecule has 2 aliphatic rings. The van der Waals surface area contributed by atoms with Gasteiger partial charge in [0.15, 0.2) is 0 Å². The summed E-state index contributed by atoms with van der Waals surface area (Å²) in [6, 6.07) is 9.24. The highest BCUT2D eigenvalue weighted by Gasteiger charge is 2.49. The number of fused-ring (bicyclic) bond motifs is 1. The summed E-state index contributed by atoms with van der Waals surface area (Å²) in [6.45, 7) is 5.78. The van der Waals surface area contributed by atoms with E-state index in [2.05, 4.69) is 4.98 Å². The first-order valence-electron chi connectivity index (χ1n) is 8.62. The van der Waals surface area contributed by atoms with Crippen LogP contribution in [-0.2, 0) is 9.47 Å². The maximum Gasteiger partial charge on any atom is 0.254 e. The Morgan fingerprint density at radius 3 is 2.92 bits per heavy atom. The summed E-state index contributed by atoms with van der Waals surface area (Å²) in [6.07, 6.45) is 0.744. The normalized spacial score (nSPS) is 29.5. The Balaban J connectivity index is 1.71. The number of morpholine rings is 1. The van der Waals surface area contributed by atoms with Crippen molar-refractivity contribution in [2.45, 2.75) is 38.1 Å². The maximum atomic E-state index is 13.3. The predicted octanol–water partition coefficient (Wildman–Crippen LogP) is 3.30. The van der Waals surface area contributed by atoms with Crippen LogP contribution in [0.2, 0.25) is 5.15 Å². The van der Waals surface area contributed by atoms with Crippen molar-refractivity contribution < 1.29 is 14.3 Å². The second-order valence-corrected chi connectivity index (χ2v) is 7.34. The molecule has 2 aromatic rings. The van der Waals surface area contributed by atoms with E-state index >= 15 is 0 Å². The molecule has 1 aromatic carbocycles. The van der Waals surface area contributed by atoms with Crippen LogP contribution in [0.15, 0.2) is 30.3 Å².